The van der Waals surface area contributed by atoms with Crippen LogP contribution in [0.25, 0.3) is 0 Å². The number of hydrogen-bond acceptors (Lipinski definition) is 4. The monoisotopic (exact) mass is 308 g/mol. The van der Waals surface area contributed by atoms with Gasteiger partial charge in [0.25, 0.3) is 0 Å². The standard InChI is InChI=1S/C15H20N2O3S/c1-12-10-15(6-5-13(12)4-3-8-16)21(18,19)17-9-7-14(11-17)20-2/h5-6,10,14H,7-9,11,16H2,1-2H3. The molecule has 1 aromatic rings. The molecule has 2 N–H and O–H groups in total. The Bertz CT molecular complexity index is 674. The number of benzene rings is 1. The van der Waals surface area contributed by atoms with E-state index in [1.54, 1.807) is 25.3 Å². The first-order chi connectivity index (χ1) is 9.98. The predicted molar refractivity (Wildman–Crippen MR) is 81.3 cm³/mol. The Balaban J connectivity index is 2.27. The van der Waals surface area contributed by atoms with Crippen molar-refractivity contribution in [2.45, 2.75) is 24.3 Å². The highest BCUT2D eigenvalue weighted by Gasteiger charge is 2.32. The normalized spacial score (nSPS) is 19.3. The molecule has 1 aliphatic rings. The number of rotatable bonds is 3. The minimum atomic E-state index is -3.46. The van der Waals surface area contributed by atoms with E-state index < -0.39 is 10.0 Å². The molecule has 0 saturated carbocycles. The van der Waals surface area contributed by atoms with E-state index in [4.69, 9.17) is 10.5 Å². The van der Waals surface area contributed by atoms with Crippen LogP contribution >= 0.6 is 0 Å². The number of methoxy groups -OCH3 is 1. The molecule has 0 radical (unpaired) electrons. The SMILES string of the molecule is COC1CCN(S(=O)(=O)c2ccc(C#CCN)c(C)c2)C1. The quantitative estimate of drug-likeness (QED) is 0.835. The molecule has 0 aromatic heterocycles. The minimum absolute atomic E-state index is 0.0180. The van der Waals surface area contributed by atoms with Crippen LogP contribution < -0.4 is 5.73 Å². The lowest BCUT2D eigenvalue weighted by atomic mass is 10.1. The van der Waals surface area contributed by atoms with Gasteiger partial charge in [0, 0.05) is 25.8 Å². The van der Waals surface area contributed by atoms with Crippen molar-refractivity contribution < 1.29 is 13.2 Å². The Kier molecular flexibility index (Phi) is 5.01. The molecule has 1 heterocycles. The van der Waals surface area contributed by atoms with Crippen LogP contribution in [-0.2, 0) is 14.8 Å². The second-order valence-electron chi connectivity index (χ2n) is 4.99. The largest absolute Gasteiger partial charge is 0.380 e. The zero-order chi connectivity index (χ0) is 15.5. The van der Waals surface area contributed by atoms with Crippen molar-refractivity contribution in [2.75, 3.05) is 26.7 Å². The Morgan fingerprint density at radius 2 is 2.24 bits per heavy atom. The summed E-state index contributed by atoms with van der Waals surface area (Å²) in [6.45, 7) is 3.04. The van der Waals surface area contributed by atoms with Crippen LogP contribution in [0.2, 0.25) is 0 Å². The Hall–Kier alpha value is -1.39. The summed E-state index contributed by atoms with van der Waals surface area (Å²) in [6, 6.07) is 4.99. The Morgan fingerprint density at radius 1 is 1.48 bits per heavy atom. The van der Waals surface area contributed by atoms with Crippen LogP contribution in [0.3, 0.4) is 0 Å². The van der Waals surface area contributed by atoms with Gasteiger partial charge >= 0.3 is 0 Å². The molecule has 1 fully saturated rings. The average molecular weight is 308 g/mol. The molecule has 1 aliphatic heterocycles. The van der Waals surface area contributed by atoms with Crippen LogP contribution in [0.1, 0.15) is 17.5 Å². The fourth-order valence-electron chi connectivity index (χ4n) is 2.34. The van der Waals surface area contributed by atoms with Crippen molar-refractivity contribution in [2.24, 2.45) is 5.73 Å². The lowest BCUT2D eigenvalue weighted by molar-refractivity contribution is 0.115. The molecule has 1 unspecified atom stereocenters. The third-order valence-electron chi connectivity index (χ3n) is 3.60. The summed E-state index contributed by atoms with van der Waals surface area (Å²) in [6.07, 6.45) is 0.713. The topological polar surface area (TPSA) is 72.6 Å². The maximum Gasteiger partial charge on any atom is 0.243 e. The fourth-order valence-corrected chi connectivity index (χ4v) is 3.91. The second-order valence-corrected chi connectivity index (χ2v) is 6.93. The van der Waals surface area contributed by atoms with Gasteiger partial charge in [-0.1, -0.05) is 11.8 Å². The van der Waals surface area contributed by atoms with Crippen LogP contribution in [0, 0.1) is 18.8 Å². The van der Waals surface area contributed by atoms with Gasteiger partial charge in [0.1, 0.15) is 0 Å². The summed E-state index contributed by atoms with van der Waals surface area (Å²) in [5, 5.41) is 0. The summed E-state index contributed by atoms with van der Waals surface area (Å²) >= 11 is 0. The third kappa shape index (κ3) is 3.44. The van der Waals surface area contributed by atoms with E-state index in [0.29, 0.717) is 18.0 Å². The van der Waals surface area contributed by atoms with Crippen molar-refractivity contribution in [3.05, 3.63) is 29.3 Å². The number of ether oxygens (including phenoxy) is 1. The molecular weight excluding hydrogens is 288 g/mol. The van der Waals surface area contributed by atoms with E-state index in [-0.39, 0.29) is 12.6 Å². The molecule has 0 aliphatic carbocycles. The molecule has 0 spiro atoms. The molecule has 114 valence electrons. The van der Waals surface area contributed by atoms with E-state index in [0.717, 1.165) is 17.5 Å². The Labute approximate surface area is 126 Å². The molecule has 1 saturated heterocycles. The van der Waals surface area contributed by atoms with E-state index in [9.17, 15) is 8.42 Å². The second kappa shape index (κ2) is 6.58. The highest BCUT2D eigenvalue weighted by atomic mass is 32.2. The first kappa shape index (κ1) is 16.0. The summed E-state index contributed by atoms with van der Waals surface area (Å²) in [7, 11) is -1.85. The number of sulfonamides is 1. The number of nitrogens with zero attached hydrogens (tertiary/aromatic N) is 1. The van der Waals surface area contributed by atoms with Crippen molar-refractivity contribution in [1.82, 2.24) is 4.31 Å². The molecule has 0 bridgehead atoms. The zero-order valence-corrected chi connectivity index (χ0v) is 13.1. The highest BCUT2D eigenvalue weighted by molar-refractivity contribution is 7.89. The maximum absolute atomic E-state index is 12.6. The van der Waals surface area contributed by atoms with Crippen molar-refractivity contribution in [1.29, 1.82) is 0 Å². The van der Waals surface area contributed by atoms with Crippen molar-refractivity contribution >= 4 is 10.0 Å². The fraction of sp³-hybridized carbons (Fsp3) is 0.467. The van der Waals surface area contributed by atoms with Gasteiger partial charge in [0.05, 0.1) is 17.5 Å². The first-order valence-corrected chi connectivity index (χ1v) is 8.25. The van der Waals surface area contributed by atoms with Crippen molar-refractivity contribution in [3.8, 4) is 11.8 Å². The molecule has 0 amide bonds. The van der Waals surface area contributed by atoms with Gasteiger partial charge in [-0.2, -0.15) is 4.31 Å². The molecule has 1 atom stereocenters. The van der Waals surface area contributed by atoms with E-state index in [1.807, 2.05) is 6.92 Å². The van der Waals surface area contributed by atoms with E-state index in [1.165, 1.54) is 4.31 Å². The summed E-state index contributed by atoms with van der Waals surface area (Å²) in [5.41, 5.74) is 6.98. The molecule has 5 nitrogen and oxygen atoms in total. The first-order valence-electron chi connectivity index (χ1n) is 6.81. The zero-order valence-electron chi connectivity index (χ0n) is 12.3. The van der Waals surface area contributed by atoms with Gasteiger partial charge in [-0.15, -0.1) is 0 Å². The van der Waals surface area contributed by atoms with Crippen molar-refractivity contribution in [3.63, 3.8) is 0 Å². The van der Waals surface area contributed by atoms with Gasteiger partial charge < -0.3 is 10.5 Å². The molecule has 6 heteroatoms. The summed E-state index contributed by atoms with van der Waals surface area (Å²) in [5.74, 6) is 5.71. The van der Waals surface area contributed by atoms with Crippen LogP contribution in [0.4, 0.5) is 0 Å². The van der Waals surface area contributed by atoms with Crippen LogP contribution in [0.15, 0.2) is 23.1 Å². The lowest BCUT2D eigenvalue weighted by Crippen LogP contribution is -2.30. The predicted octanol–water partition coefficient (Wildman–Crippen LogP) is 0.715. The lowest BCUT2D eigenvalue weighted by Gasteiger charge is -2.16. The molecule has 21 heavy (non-hydrogen) atoms. The number of nitrogens with two attached hydrogens (primary N) is 1. The molecule has 2 rings (SSSR count). The smallest absolute Gasteiger partial charge is 0.243 e. The van der Waals surface area contributed by atoms with Gasteiger partial charge in [-0.3, -0.25) is 0 Å². The minimum Gasteiger partial charge on any atom is -0.380 e. The van der Waals surface area contributed by atoms with Crippen LogP contribution in [-0.4, -0.2) is 45.6 Å². The van der Waals surface area contributed by atoms with Gasteiger partial charge in [0.2, 0.25) is 10.0 Å². The average Bonchev–Trinajstić information content (AvgIpc) is 2.95. The number of aryl methyl sites for hydroxylation is 1. The highest BCUT2D eigenvalue weighted by Crippen LogP contribution is 2.23. The molecular formula is C15H20N2O3S. The van der Waals surface area contributed by atoms with Gasteiger partial charge in [-0.05, 0) is 37.1 Å². The Morgan fingerprint density at radius 3 is 2.81 bits per heavy atom. The van der Waals surface area contributed by atoms with E-state index >= 15 is 0 Å². The summed E-state index contributed by atoms with van der Waals surface area (Å²) < 4.78 is 31.9. The molecule has 1 aromatic carbocycles. The summed E-state index contributed by atoms with van der Waals surface area (Å²) in [4.78, 5) is 0.301. The maximum atomic E-state index is 12.6. The van der Waals surface area contributed by atoms with Gasteiger partial charge in [-0.25, -0.2) is 8.42 Å². The third-order valence-corrected chi connectivity index (χ3v) is 5.46. The number of hydrogen-bond donors (Lipinski definition) is 1. The van der Waals surface area contributed by atoms with E-state index in [2.05, 4.69) is 11.8 Å². The van der Waals surface area contributed by atoms with Crippen LogP contribution in [0.5, 0.6) is 0 Å². The van der Waals surface area contributed by atoms with Gasteiger partial charge in [0.15, 0.2) is 0 Å².